The summed E-state index contributed by atoms with van der Waals surface area (Å²) in [6.07, 6.45) is 7.47. The van der Waals surface area contributed by atoms with Crippen LogP contribution in [0.1, 0.15) is 190 Å². The van der Waals surface area contributed by atoms with E-state index in [9.17, 15) is 43.5 Å². The van der Waals surface area contributed by atoms with Crippen molar-refractivity contribution in [3.8, 4) is 0 Å². The van der Waals surface area contributed by atoms with Gasteiger partial charge in [0.25, 0.3) is 0 Å². The second-order valence-corrected chi connectivity index (χ2v) is 23.9. The lowest BCUT2D eigenvalue weighted by molar-refractivity contribution is -0.149. The van der Waals surface area contributed by atoms with Crippen molar-refractivity contribution < 1.29 is 52.9 Å². The van der Waals surface area contributed by atoms with Crippen molar-refractivity contribution in [3.05, 3.63) is 35.4 Å². The molecule has 1 aromatic carbocycles. The fourth-order valence-electron chi connectivity index (χ4n) is 12.2. The van der Waals surface area contributed by atoms with Gasteiger partial charge in [-0.15, -0.1) is 0 Å². The fourth-order valence-corrected chi connectivity index (χ4v) is 12.2. The number of likely N-dealkylation sites (tertiary alicyclic amines) is 2. The first-order valence-electron chi connectivity index (χ1n) is 29.4. The SMILES string of the molecule is CCCC(CC)c1ccc(C[C@H](NC(=O)[C@H](C)[C@@H](OC)[C@@H]2CCCN2C(=O)C[C@@H](OC)[C@H]([C@@H](C)CC)N(C)C(=O)[C@@H](NC(=O)[C@H](C(C)C)N(C)C(=O)CCCCCN2C(=O)CC(C(C)(C)CCC)C2=O)C(C)C)C(=O)O)cc1. The second kappa shape index (κ2) is 31.8. The van der Waals surface area contributed by atoms with Crippen molar-refractivity contribution in [2.45, 2.75) is 228 Å². The average molecular weight is 1100 g/mol. The van der Waals surface area contributed by atoms with Gasteiger partial charge in [0.15, 0.2) is 0 Å². The molecule has 2 saturated heterocycles. The third-order valence-corrected chi connectivity index (χ3v) is 17.2. The number of hydrogen-bond donors (Lipinski definition) is 3. The van der Waals surface area contributed by atoms with Crippen molar-refractivity contribution >= 4 is 47.3 Å². The second-order valence-electron chi connectivity index (χ2n) is 23.9. The molecule has 2 aliphatic heterocycles. The molecule has 0 aromatic heterocycles. The fraction of sp³-hybridized carbons (Fsp3) is 0.770. The third-order valence-electron chi connectivity index (χ3n) is 17.2. The number of nitrogens with one attached hydrogen (secondary N) is 2. The predicted octanol–water partition coefficient (Wildman–Crippen LogP) is 8.40. The summed E-state index contributed by atoms with van der Waals surface area (Å²) in [6, 6.07) is 3.86. The van der Waals surface area contributed by atoms with Crippen molar-refractivity contribution in [1.82, 2.24) is 30.2 Å². The molecule has 17 heteroatoms. The maximum atomic E-state index is 14.7. The van der Waals surface area contributed by atoms with Crippen molar-refractivity contribution in [2.24, 2.45) is 35.0 Å². The zero-order valence-corrected chi connectivity index (χ0v) is 50.7. The van der Waals surface area contributed by atoms with Gasteiger partial charge in [-0.1, -0.05) is 133 Å². The Kier molecular flexibility index (Phi) is 27.4. The Morgan fingerprint density at radius 2 is 1.47 bits per heavy atom. The Balaban J connectivity index is 1.69. The van der Waals surface area contributed by atoms with Gasteiger partial charge in [-0.25, -0.2) is 4.79 Å². The number of nitrogens with zero attached hydrogens (tertiary/aromatic N) is 4. The van der Waals surface area contributed by atoms with E-state index in [1.165, 1.54) is 29.6 Å². The van der Waals surface area contributed by atoms with Crippen LogP contribution in [0.2, 0.25) is 0 Å². The van der Waals surface area contributed by atoms with Gasteiger partial charge >= 0.3 is 5.97 Å². The lowest BCUT2D eigenvalue weighted by atomic mass is 9.74. The van der Waals surface area contributed by atoms with Crippen LogP contribution in [-0.4, -0.2) is 156 Å². The molecular weight excluding hydrogens is 993 g/mol. The molecule has 2 aliphatic rings. The monoisotopic (exact) mass is 1090 g/mol. The van der Waals surface area contributed by atoms with E-state index in [1.807, 2.05) is 79.7 Å². The number of carbonyl (C=O) groups is 8. The van der Waals surface area contributed by atoms with Crippen molar-refractivity contribution in [1.29, 1.82) is 0 Å². The molecule has 11 atom stereocenters. The normalized spacial score (nSPS) is 19.5. The summed E-state index contributed by atoms with van der Waals surface area (Å²) >= 11 is 0. The van der Waals surface area contributed by atoms with Crippen LogP contribution in [0.25, 0.3) is 0 Å². The van der Waals surface area contributed by atoms with Gasteiger partial charge < -0.3 is 39.9 Å². The number of hydrogen-bond acceptors (Lipinski definition) is 10. The van der Waals surface area contributed by atoms with Crippen LogP contribution in [0.3, 0.4) is 0 Å². The summed E-state index contributed by atoms with van der Waals surface area (Å²) in [5, 5.41) is 16.0. The smallest absolute Gasteiger partial charge is 0.326 e. The third kappa shape index (κ3) is 17.8. The lowest BCUT2D eigenvalue weighted by Crippen LogP contribution is -2.60. The van der Waals surface area contributed by atoms with E-state index in [0.717, 1.165) is 37.7 Å². The number of carboxylic acid groups (broad SMARTS) is 1. The van der Waals surface area contributed by atoms with E-state index >= 15 is 0 Å². The standard InChI is InChI=1S/C61H102N6O11/c1-17-25-43(20-4)44-30-28-42(29-31-44)35-46(60(75)76)62-56(71)41(10)55(78-16)47-26-24-34-66(47)51(70)37-48(77-15)54(40(9)19-3)65(14)59(74)52(38(5)6)63-57(72)53(39(7)8)64(13)49(68)27-22-21-23-33-67-50(69)36-45(58(67)73)61(11,12)32-18-2/h28-31,38-41,43,45-48,52-55H,17-27,32-37H2,1-16H3,(H,62,71)(H,63,72)(H,75,76)/t40-,41+,43?,45?,46-,47-,48+,52-,53-,54-,55+/m0/s1. The highest BCUT2D eigenvalue weighted by Crippen LogP contribution is 2.40. The molecule has 2 unspecified atom stereocenters. The van der Waals surface area contributed by atoms with Gasteiger partial charge in [-0.3, -0.25) is 38.5 Å². The first-order valence-corrected chi connectivity index (χ1v) is 29.4. The zero-order valence-electron chi connectivity index (χ0n) is 50.7. The molecule has 3 N–H and O–H groups in total. The van der Waals surface area contributed by atoms with E-state index in [0.29, 0.717) is 57.5 Å². The largest absolute Gasteiger partial charge is 0.480 e. The van der Waals surface area contributed by atoms with Gasteiger partial charge in [-0.05, 0) is 85.2 Å². The summed E-state index contributed by atoms with van der Waals surface area (Å²) in [5.41, 5.74) is 1.76. The molecule has 0 bridgehead atoms. The highest BCUT2D eigenvalue weighted by atomic mass is 16.5. The molecule has 7 amide bonds. The number of likely N-dealkylation sites (N-methyl/N-ethyl adjacent to an activating group) is 2. The van der Waals surface area contributed by atoms with Crippen LogP contribution in [0, 0.1) is 35.0 Å². The Morgan fingerprint density at radius 1 is 0.821 bits per heavy atom. The summed E-state index contributed by atoms with van der Waals surface area (Å²) < 4.78 is 12.1. The number of aliphatic carboxylic acids is 1. The minimum Gasteiger partial charge on any atom is -0.480 e. The van der Waals surface area contributed by atoms with Crippen LogP contribution in [0.4, 0.5) is 0 Å². The molecule has 0 radical (unpaired) electrons. The van der Waals surface area contributed by atoms with E-state index < -0.39 is 66.1 Å². The maximum Gasteiger partial charge on any atom is 0.326 e. The van der Waals surface area contributed by atoms with Crippen LogP contribution < -0.4 is 10.6 Å². The molecule has 2 fully saturated rings. The topological polar surface area (TPSA) is 212 Å². The molecule has 17 nitrogen and oxygen atoms in total. The number of methoxy groups -OCH3 is 2. The molecule has 442 valence electrons. The molecule has 78 heavy (non-hydrogen) atoms. The first kappa shape index (κ1) is 67.4. The number of imide groups is 1. The van der Waals surface area contributed by atoms with E-state index in [-0.39, 0.29) is 84.3 Å². The van der Waals surface area contributed by atoms with Gasteiger partial charge in [0, 0.05) is 60.7 Å². The highest BCUT2D eigenvalue weighted by Gasteiger charge is 2.47. The number of benzene rings is 1. The van der Waals surface area contributed by atoms with Crippen molar-refractivity contribution in [2.75, 3.05) is 41.4 Å². The lowest BCUT2D eigenvalue weighted by Gasteiger charge is -2.41. The average Bonchev–Trinajstić information content (AvgIpc) is 4.00. The summed E-state index contributed by atoms with van der Waals surface area (Å²) in [6.45, 7) is 24.3. The Bertz CT molecular complexity index is 2130. The van der Waals surface area contributed by atoms with Crippen LogP contribution in [0.5, 0.6) is 0 Å². The summed E-state index contributed by atoms with van der Waals surface area (Å²) in [7, 11) is 6.28. The van der Waals surface area contributed by atoms with E-state index in [4.69, 9.17) is 9.47 Å². The van der Waals surface area contributed by atoms with Gasteiger partial charge in [0.1, 0.15) is 18.1 Å². The maximum absolute atomic E-state index is 14.7. The number of amides is 7. The molecule has 0 aliphatic carbocycles. The highest BCUT2D eigenvalue weighted by molar-refractivity contribution is 6.04. The molecule has 0 saturated carbocycles. The zero-order chi connectivity index (χ0) is 58.8. The van der Waals surface area contributed by atoms with Gasteiger partial charge in [0.05, 0.1) is 42.5 Å². The first-order chi connectivity index (χ1) is 36.8. The Labute approximate surface area is 468 Å². The quantitative estimate of drug-likeness (QED) is 0.0441. The molecule has 3 rings (SSSR count). The number of unbranched alkanes of at least 4 members (excludes halogenated alkanes) is 2. The minimum absolute atomic E-state index is 0.0820. The van der Waals surface area contributed by atoms with Crippen LogP contribution in [0.15, 0.2) is 24.3 Å². The molecule has 1 aromatic rings. The molecule has 2 heterocycles. The number of ether oxygens (including phenoxy) is 2. The minimum atomic E-state index is -1.17. The molecular formula is C61H102N6O11. The van der Waals surface area contributed by atoms with E-state index in [1.54, 1.807) is 30.8 Å². The van der Waals surface area contributed by atoms with E-state index in [2.05, 4.69) is 31.4 Å². The summed E-state index contributed by atoms with van der Waals surface area (Å²) in [4.78, 5) is 116. The Hall–Kier alpha value is -4.90. The predicted molar refractivity (Wildman–Crippen MR) is 304 cm³/mol. The number of rotatable bonds is 34. The van der Waals surface area contributed by atoms with Crippen LogP contribution >= 0.6 is 0 Å². The van der Waals surface area contributed by atoms with Gasteiger partial charge in [0.2, 0.25) is 41.4 Å². The van der Waals surface area contributed by atoms with Crippen LogP contribution in [-0.2, 0) is 54.3 Å². The number of carbonyl (C=O) groups excluding carboxylic acids is 7. The van der Waals surface area contributed by atoms with Crippen molar-refractivity contribution in [3.63, 3.8) is 0 Å². The molecule has 0 spiro atoms. The van der Waals surface area contributed by atoms with Gasteiger partial charge in [-0.2, -0.15) is 0 Å². The summed E-state index contributed by atoms with van der Waals surface area (Å²) in [5.74, 6) is -4.65. The number of carboxylic acids is 1. The Morgan fingerprint density at radius 3 is 2.01 bits per heavy atom.